The average Bonchev–Trinajstić information content (AvgIpc) is 2.40. The molecular formula is C18H31NO. The standard InChI is InChI=1S/C17H27NO.CH4/c1-14(2)18-10-8-16(9-11-18)13-17(19)12-15-6-4-3-5-7-15;/h3-7,14,16-17,19H,8-13H2,1-2H3;1H4. The van der Waals surface area contributed by atoms with Gasteiger partial charge in [0.05, 0.1) is 6.10 Å². The maximum absolute atomic E-state index is 10.2. The highest BCUT2D eigenvalue weighted by atomic mass is 16.3. The molecule has 1 N–H and O–H groups in total. The highest BCUT2D eigenvalue weighted by Gasteiger charge is 2.22. The van der Waals surface area contributed by atoms with Crippen molar-refractivity contribution in [3.63, 3.8) is 0 Å². The van der Waals surface area contributed by atoms with Crippen LogP contribution in [0, 0.1) is 5.92 Å². The van der Waals surface area contributed by atoms with Crippen molar-refractivity contribution in [2.24, 2.45) is 5.92 Å². The number of rotatable bonds is 5. The van der Waals surface area contributed by atoms with E-state index in [1.54, 1.807) is 0 Å². The van der Waals surface area contributed by atoms with Gasteiger partial charge in [0.1, 0.15) is 0 Å². The predicted molar refractivity (Wildman–Crippen MR) is 86.9 cm³/mol. The fraction of sp³-hybridized carbons (Fsp3) is 0.667. The van der Waals surface area contributed by atoms with Gasteiger partial charge in [-0.15, -0.1) is 0 Å². The molecule has 0 aliphatic carbocycles. The minimum atomic E-state index is -0.182. The Bertz CT molecular complexity index is 355. The Balaban J connectivity index is 0.00000200. The summed E-state index contributed by atoms with van der Waals surface area (Å²) >= 11 is 0. The van der Waals surface area contributed by atoms with E-state index >= 15 is 0 Å². The highest BCUT2D eigenvalue weighted by molar-refractivity contribution is 5.15. The molecule has 1 unspecified atom stereocenters. The molecule has 1 aliphatic heterocycles. The summed E-state index contributed by atoms with van der Waals surface area (Å²) in [5, 5.41) is 10.2. The third kappa shape index (κ3) is 5.26. The molecule has 114 valence electrons. The monoisotopic (exact) mass is 277 g/mol. The smallest absolute Gasteiger partial charge is 0.0583 e. The van der Waals surface area contributed by atoms with E-state index in [-0.39, 0.29) is 13.5 Å². The first kappa shape index (κ1) is 17.2. The molecule has 20 heavy (non-hydrogen) atoms. The van der Waals surface area contributed by atoms with Crippen LogP contribution in [0.1, 0.15) is 46.1 Å². The van der Waals surface area contributed by atoms with Gasteiger partial charge in [-0.2, -0.15) is 0 Å². The number of aliphatic hydroxyl groups is 1. The first-order valence-corrected chi connectivity index (χ1v) is 7.61. The minimum absolute atomic E-state index is 0. The molecule has 2 heteroatoms. The topological polar surface area (TPSA) is 23.5 Å². The fourth-order valence-electron chi connectivity index (χ4n) is 3.06. The number of hydrogen-bond donors (Lipinski definition) is 1. The van der Waals surface area contributed by atoms with E-state index in [1.165, 1.54) is 31.5 Å². The van der Waals surface area contributed by atoms with Crippen LogP contribution < -0.4 is 0 Å². The summed E-state index contributed by atoms with van der Waals surface area (Å²) in [6.07, 6.45) is 4.05. The first-order valence-electron chi connectivity index (χ1n) is 7.61. The van der Waals surface area contributed by atoms with E-state index in [0.717, 1.165) is 12.8 Å². The van der Waals surface area contributed by atoms with Crippen LogP contribution in [-0.2, 0) is 6.42 Å². The van der Waals surface area contributed by atoms with Crippen LogP contribution in [0.2, 0.25) is 0 Å². The van der Waals surface area contributed by atoms with Gasteiger partial charge in [0.15, 0.2) is 0 Å². The molecule has 0 radical (unpaired) electrons. The van der Waals surface area contributed by atoms with Gasteiger partial charge in [-0.3, -0.25) is 0 Å². The fourth-order valence-corrected chi connectivity index (χ4v) is 3.06. The number of likely N-dealkylation sites (tertiary alicyclic amines) is 1. The van der Waals surface area contributed by atoms with Crippen molar-refractivity contribution in [1.82, 2.24) is 4.90 Å². The van der Waals surface area contributed by atoms with E-state index in [1.807, 2.05) is 18.2 Å². The Morgan fingerprint density at radius 3 is 2.30 bits per heavy atom. The summed E-state index contributed by atoms with van der Waals surface area (Å²) in [7, 11) is 0. The van der Waals surface area contributed by atoms with E-state index in [2.05, 4.69) is 30.9 Å². The van der Waals surface area contributed by atoms with Crippen molar-refractivity contribution in [1.29, 1.82) is 0 Å². The van der Waals surface area contributed by atoms with Crippen molar-refractivity contribution in [2.45, 2.75) is 59.1 Å². The summed E-state index contributed by atoms with van der Waals surface area (Å²) in [5.41, 5.74) is 1.25. The SMILES string of the molecule is C.CC(C)N1CCC(CC(O)Cc2ccccc2)CC1. The first-order chi connectivity index (χ1) is 9.15. The maximum Gasteiger partial charge on any atom is 0.0583 e. The molecule has 0 bridgehead atoms. The van der Waals surface area contributed by atoms with E-state index in [0.29, 0.717) is 12.0 Å². The molecule has 0 amide bonds. The molecule has 1 saturated heterocycles. The van der Waals surface area contributed by atoms with Crippen molar-refractivity contribution in [2.75, 3.05) is 13.1 Å². The molecule has 2 nitrogen and oxygen atoms in total. The van der Waals surface area contributed by atoms with Gasteiger partial charge >= 0.3 is 0 Å². The Hall–Kier alpha value is -0.860. The Labute approximate surface area is 124 Å². The van der Waals surface area contributed by atoms with Gasteiger partial charge in [0.2, 0.25) is 0 Å². The number of hydrogen-bond acceptors (Lipinski definition) is 2. The largest absolute Gasteiger partial charge is 0.393 e. The Kier molecular flexibility index (Phi) is 7.25. The van der Waals surface area contributed by atoms with Gasteiger partial charge in [-0.05, 0) is 64.1 Å². The molecule has 0 aromatic heterocycles. The molecule has 1 heterocycles. The lowest BCUT2D eigenvalue weighted by Crippen LogP contribution is -2.39. The Morgan fingerprint density at radius 1 is 1.15 bits per heavy atom. The summed E-state index contributed by atoms with van der Waals surface area (Å²) in [6, 6.07) is 11.0. The molecule has 0 saturated carbocycles. The molecule has 1 aromatic rings. The van der Waals surface area contributed by atoms with Crippen LogP contribution in [0.4, 0.5) is 0 Å². The molecule has 1 atom stereocenters. The van der Waals surface area contributed by atoms with Crippen molar-refractivity contribution in [3.8, 4) is 0 Å². The average molecular weight is 277 g/mol. The van der Waals surface area contributed by atoms with Crippen LogP contribution in [0.15, 0.2) is 30.3 Å². The van der Waals surface area contributed by atoms with Gasteiger partial charge in [0.25, 0.3) is 0 Å². The second-order valence-corrected chi connectivity index (χ2v) is 6.15. The van der Waals surface area contributed by atoms with Crippen molar-refractivity contribution in [3.05, 3.63) is 35.9 Å². The second kappa shape index (κ2) is 8.43. The number of benzene rings is 1. The second-order valence-electron chi connectivity index (χ2n) is 6.15. The van der Waals surface area contributed by atoms with Gasteiger partial charge in [0, 0.05) is 6.04 Å². The number of piperidine rings is 1. The van der Waals surface area contributed by atoms with Crippen LogP contribution in [0.5, 0.6) is 0 Å². The molecule has 1 aliphatic rings. The lowest BCUT2D eigenvalue weighted by molar-refractivity contribution is 0.0966. The van der Waals surface area contributed by atoms with Crippen LogP contribution in [-0.4, -0.2) is 35.2 Å². The van der Waals surface area contributed by atoms with Crippen molar-refractivity contribution < 1.29 is 5.11 Å². The number of nitrogens with zero attached hydrogens (tertiary/aromatic N) is 1. The predicted octanol–water partition coefficient (Wildman–Crippen LogP) is 3.74. The van der Waals surface area contributed by atoms with Crippen LogP contribution in [0.3, 0.4) is 0 Å². The van der Waals surface area contributed by atoms with Gasteiger partial charge < -0.3 is 10.0 Å². The molecule has 2 rings (SSSR count). The zero-order valence-corrected chi connectivity index (χ0v) is 12.3. The lowest BCUT2D eigenvalue weighted by atomic mass is 9.89. The zero-order valence-electron chi connectivity index (χ0n) is 12.3. The highest BCUT2D eigenvalue weighted by Crippen LogP contribution is 2.24. The summed E-state index contributed by atoms with van der Waals surface area (Å²) in [6.45, 7) is 6.93. The molecule has 1 fully saturated rings. The van der Waals surface area contributed by atoms with Gasteiger partial charge in [-0.1, -0.05) is 37.8 Å². The molecule has 1 aromatic carbocycles. The van der Waals surface area contributed by atoms with Crippen LogP contribution >= 0.6 is 0 Å². The Morgan fingerprint density at radius 2 is 1.75 bits per heavy atom. The van der Waals surface area contributed by atoms with Crippen molar-refractivity contribution >= 4 is 0 Å². The van der Waals surface area contributed by atoms with Crippen LogP contribution in [0.25, 0.3) is 0 Å². The summed E-state index contributed by atoms with van der Waals surface area (Å²) in [4.78, 5) is 2.54. The third-order valence-electron chi connectivity index (χ3n) is 4.30. The lowest BCUT2D eigenvalue weighted by Gasteiger charge is -2.35. The zero-order chi connectivity index (χ0) is 13.7. The maximum atomic E-state index is 10.2. The summed E-state index contributed by atoms with van der Waals surface area (Å²) in [5.74, 6) is 0.703. The third-order valence-corrected chi connectivity index (χ3v) is 4.30. The van der Waals surface area contributed by atoms with E-state index < -0.39 is 0 Å². The van der Waals surface area contributed by atoms with E-state index in [4.69, 9.17) is 0 Å². The summed E-state index contributed by atoms with van der Waals surface area (Å²) < 4.78 is 0. The quantitative estimate of drug-likeness (QED) is 0.886. The number of aliphatic hydroxyl groups excluding tert-OH is 1. The normalized spacial score (nSPS) is 18.8. The molecule has 0 spiro atoms. The minimum Gasteiger partial charge on any atom is -0.393 e. The van der Waals surface area contributed by atoms with Gasteiger partial charge in [-0.25, -0.2) is 0 Å². The van der Waals surface area contributed by atoms with E-state index in [9.17, 15) is 5.11 Å². The molecular weight excluding hydrogens is 246 g/mol.